The van der Waals surface area contributed by atoms with E-state index >= 15 is 0 Å². The number of esters is 1. The van der Waals surface area contributed by atoms with Crippen molar-refractivity contribution in [2.24, 2.45) is 0 Å². The molecule has 23 heavy (non-hydrogen) atoms. The average Bonchev–Trinajstić information content (AvgIpc) is 3.10. The van der Waals surface area contributed by atoms with Crippen molar-refractivity contribution in [1.29, 1.82) is 0 Å². The van der Waals surface area contributed by atoms with Gasteiger partial charge in [-0.25, -0.2) is 9.78 Å². The lowest BCUT2D eigenvalue weighted by Crippen LogP contribution is -2.29. The molecule has 3 rings (SSSR count). The van der Waals surface area contributed by atoms with Gasteiger partial charge in [0.25, 0.3) is 0 Å². The first kappa shape index (κ1) is 16.4. The van der Waals surface area contributed by atoms with Crippen LogP contribution in [0.2, 0.25) is 0 Å². The summed E-state index contributed by atoms with van der Waals surface area (Å²) < 4.78 is 6.40. The van der Waals surface area contributed by atoms with Crippen LogP contribution in [0.25, 0.3) is 9.53 Å². The average molecular weight is 352 g/mol. The van der Waals surface area contributed by atoms with Gasteiger partial charge in [-0.15, -0.1) is 11.3 Å². The molecule has 0 aromatic carbocycles. The largest absolute Gasteiger partial charge is 0.450 e. The summed E-state index contributed by atoms with van der Waals surface area (Å²) in [4.78, 5) is 32.2. The zero-order chi connectivity index (χ0) is 16.4. The van der Waals surface area contributed by atoms with Crippen molar-refractivity contribution in [2.75, 3.05) is 18.0 Å². The van der Waals surface area contributed by atoms with Crippen LogP contribution in [0.1, 0.15) is 49.2 Å². The molecule has 2 heterocycles. The number of thiazole rings is 1. The van der Waals surface area contributed by atoms with Crippen LogP contribution in [0.5, 0.6) is 0 Å². The van der Waals surface area contributed by atoms with Crippen LogP contribution in [0.15, 0.2) is 6.07 Å². The molecule has 0 radical (unpaired) electrons. The fraction of sp³-hybridized carbons (Fsp3) is 0.562. The normalized spacial score (nSPS) is 18.3. The number of ether oxygens (including phenoxy) is 1. The lowest BCUT2D eigenvalue weighted by molar-refractivity contribution is -0.129. The summed E-state index contributed by atoms with van der Waals surface area (Å²) in [5, 5.41) is 0.985. The second-order valence-corrected chi connectivity index (χ2v) is 7.59. The third-order valence-corrected chi connectivity index (χ3v) is 6.26. The molecule has 1 atom stereocenters. The molecule has 124 valence electrons. The van der Waals surface area contributed by atoms with Gasteiger partial charge in [0.1, 0.15) is 9.71 Å². The van der Waals surface area contributed by atoms with E-state index in [4.69, 9.17) is 4.74 Å². The first-order valence-corrected chi connectivity index (χ1v) is 9.64. The highest BCUT2D eigenvalue weighted by Crippen LogP contribution is 2.35. The zero-order valence-corrected chi connectivity index (χ0v) is 15.0. The third kappa shape index (κ3) is 3.40. The number of hydrogen-bond donors (Lipinski definition) is 0. The molecule has 0 saturated heterocycles. The summed E-state index contributed by atoms with van der Waals surface area (Å²) in [5.41, 5.74) is 0. The number of Topliss-reactive ketones (excluding diaryl/α,β-unsaturated/α-hetero) is 1. The van der Waals surface area contributed by atoms with Crippen molar-refractivity contribution in [3.05, 3.63) is 10.9 Å². The SMILES string of the molecule is CCN(CC)c1nc2sc(C(=O)O[C@@H]3CCCCC3=O)cc2s1. The molecule has 2 aromatic heterocycles. The van der Waals surface area contributed by atoms with Crippen LogP contribution in [-0.2, 0) is 9.53 Å². The minimum Gasteiger partial charge on any atom is -0.450 e. The fourth-order valence-electron chi connectivity index (χ4n) is 2.72. The zero-order valence-electron chi connectivity index (χ0n) is 13.3. The molecular formula is C16H20N2O3S2. The lowest BCUT2D eigenvalue weighted by atomic mass is 9.96. The van der Waals surface area contributed by atoms with Crippen LogP contribution in [-0.4, -0.2) is 35.9 Å². The Hall–Kier alpha value is -1.47. The highest BCUT2D eigenvalue weighted by molar-refractivity contribution is 7.29. The molecule has 1 aliphatic carbocycles. The molecule has 0 amide bonds. The predicted molar refractivity (Wildman–Crippen MR) is 93.7 cm³/mol. The van der Waals surface area contributed by atoms with Crippen LogP contribution in [0.3, 0.4) is 0 Å². The fourth-order valence-corrected chi connectivity index (χ4v) is 4.94. The maximum absolute atomic E-state index is 12.3. The van der Waals surface area contributed by atoms with E-state index in [0.29, 0.717) is 17.7 Å². The summed E-state index contributed by atoms with van der Waals surface area (Å²) in [7, 11) is 0. The number of ketones is 1. The minimum absolute atomic E-state index is 0.0462. The molecule has 1 aliphatic rings. The summed E-state index contributed by atoms with van der Waals surface area (Å²) >= 11 is 2.93. The van der Waals surface area contributed by atoms with Crippen molar-refractivity contribution in [3.8, 4) is 0 Å². The van der Waals surface area contributed by atoms with Gasteiger partial charge in [-0.1, -0.05) is 11.3 Å². The number of nitrogens with zero attached hydrogens (tertiary/aromatic N) is 2. The van der Waals surface area contributed by atoms with Crippen LogP contribution in [0, 0.1) is 0 Å². The molecule has 0 unspecified atom stereocenters. The molecule has 7 heteroatoms. The van der Waals surface area contributed by atoms with Crippen LogP contribution >= 0.6 is 22.7 Å². The lowest BCUT2D eigenvalue weighted by Gasteiger charge is -2.20. The number of rotatable bonds is 5. The predicted octanol–water partition coefficient (Wildman–Crippen LogP) is 3.87. The van der Waals surface area contributed by atoms with E-state index in [-0.39, 0.29) is 5.78 Å². The van der Waals surface area contributed by atoms with Gasteiger partial charge in [0, 0.05) is 19.5 Å². The maximum Gasteiger partial charge on any atom is 0.349 e. The maximum atomic E-state index is 12.3. The second-order valence-electron chi connectivity index (χ2n) is 5.55. The molecule has 0 N–H and O–H groups in total. The van der Waals surface area contributed by atoms with E-state index in [9.17, 15) is 9.59 Å². The monoisotopic (exact) mass is 352 g/mol. The first-order chi connectivity index (χ1) is 11.1. The van der Waals surface area contributed by atoms with Gasteiger partial charge in [0.15, 0.2) is 17.0 Å². The minimum atomic E-state index is -0.560. The number of fused-ring (bicyclic) bond motifs is 1. The number of aromatic nitrogens is 1. The molecule has 2 aromatic rings. The van der Waals surface area contributed by atoms with Crippen molar-refractivity contribution >= 4 is 49.1 Å². The standard InChI is InChI=1S/C16H20N2O3S2/c1-3-18(4-2)16-17-14-12(23-16)9-13(22-14)15(20)21-11-8-6-5-7-10(11)19/h9,11H,3-8H2,1-2H3/t11-/m1/s1. The molecule has 1 saturated carbocycles. The quantitative estimate of drug-likeness (QED) is 0.765. The molecule has 5 nitrogen and oxygen atoms in total. The van der Waals surface area contributed by atoms with Crippen molar-refractivity contribution < 1.29 is 14.3 Å². The number of anilines is 1. The Morgan fingerprint density at radius 3 is 2.78 bits per heavy atom. The first-order valence-electron chi connectivity index (χ1n) is 8.01. The molecule has 0 aliphatic heterocycles. The Labute approximate surface area is 143 Å². The molecule has 1 fully saturated rings. The van der Waals surface area contributed by atoms with Gasteiger partial charge >= 0.3 is 5.97 Å². The van der Waals surface area contributed by atoms with Crippen molar-refractivity contribution in [1.82, 2.24) is 4.98 Å². The van der Waals surface area contributed by atoms with E-state index in [1.165, 1.54) is 11.3 Å². The van der Waals surface area contributed by atoms with Gasteiger partial charge in [-0.05, 0) is 39.2 Å². The third-order valence-electron chi connectivity index (χ3n) is 4.06. The molecular weight excluding hydrogens is 332 g/mol. The smallest absolute Gasteiger partial charge is 0.349 e. The number of hydrogen-bond acceptors (Lipinski definition) is 7. The number of thiophene rings is 1. The highest BCUT2D eigenvalue weighted by Gasteiger charge is 2.27. The van der Waals surface area contributed by atoms with Crippen LogP contribution in [0.4, 0.5) is 5.13 Å². The topological polar surface area (TPSA) is 59.5 Å². The van der Waals surface area contributed by atoms with E-state index < -0.39 is 12.1 Å². The van der Waals surface area contributed by atoms with E-state index in [0.717, 1.165) is 40.6 Å². The summed E-state index contributed by atoms with van der Waals surface area (Å²) in [6.07, 6.45) is 2.45. The summed E-state index contributed by atoms with van der Waals surface area (Å²) in [6.45, 7) is 6.03. The van der Waals surface area contributed by atoms with E-state index in [2.05, 4.69) is 23.7 Å². The Morgan fingerprint density at radius 1 is 1.35 bits per heavy atom. The van der Waals surface area contributed by atoms with E-state index in [1.807, 2.05) is 6.07 Å². The van der Waals surface area contributed by atoms with Crippen LogP contribution < -0.4 is 4.90 Å². The van der Waals surface area contributed by atoms with Gasteiger partial charge in [0.2, 0.25) is 0 Å². The summed E-state index contributed by atoms with van der Waals surface area (Å²) in [6, 6.07) is 1.83. The Bertz CT molecular complexity index is 687. The van der Waals surface area contributed by atoms with Gasteiger partial charge in [-0.3, -0.25) is 4.79 Å². The Morgan fingerprint density at radius 2 is 2.13 bits per heavy atom. The van der Waals surface area contributed by atoms with Crippen molar-refractivity contribution in [2.45, 2.75) is 45.6 Å². The van der Waals surface area contributed by atoms with Crippen molar-refractivity contribution in [3.63, 3.8) is 0 Å². The highest BCUT2D eigenvalue weighted by atomic mass is 32.1. The van der Waals surface area contributed by atoms with E-state index in [1.54, 1.807) is 11.3 Å². The second kappa shape index (κ2) is 6.97. The van der Waals surface area contributed by atoms with Gasteiger partial charge in [-0.2, -0.15) is 0 Å². The molecule has 0 bridgehead atoms. The number of carbonyl (C=O) groups excluding carboxylic acids is 2. The summed E-state index contributed by atoms with van der Waals surface area (Å²) in [5.74, 6) is -0.352. The van der Waals surface area contributed by atoms with Gasteiger partial charge < -0.3 is 9.64 Å². The Balaban J connectivity index is 1.74. The Kier molecular flexibility index (Phi) is 4.96. The van der Waals surface area contributed by atoms with Gasteiger partial charge in [0.05, 0.1) is 4.70 Å². The molecule has 0 spiro atoms. The number of carbonyl (C=O) groups is 2.